The van der Waals surface area contributed by atoms with Gasteiger partial charge in [0.25, 0.3) is 0 Å². The molecule has 5 rings (SSSR count). The van der Waals surface area contributed by atoms with Crippen LogP contribution in [-0.2, 0) is 11.2 Å². The molecule has 0 unspecified atom stereocenters. The van der Waals surface area contributed by atoms with E-state index in [1.165, 1.54) is 25.7 Å². The van der Waals surface area contributed by atoms with Crippen LogP contribution >= 0.6 is 0 Å². The second kappa shape index (κ2) is 8.99. The van der Waals surface area contributed by atoms with Gasteiger partial charge in [-0.15, -0.1) is 10.2 Å². The van der Waals surface area contributed by atoms with Crippen LogP contribution in [-0.4, -0.2) is 67.1 Å². The normalized spacial score (nSPS) is 18.8. The van der Waals surface area contributed by atoms with Crippen molar-refractivity contribution in [2.75, 3.05) is 55.9 Å². The Morgan fingerprint density at radius 2 is 1.42 bits per heavy atom. The monoisotopic (exact) mass is 423 g/mol. The third-order valence-electron chi connectivity index (χ3n) is 6.32. The zero-order chi connectivity index (χ0) is 21.0. The molecular formula is C23H29N5O3. The van der Waals surface area contributed by atoms with Gasteiger partial charge in [-0.2, -0.15) is 0 Å². The fraction of sp³-hybridized carbons (Fsp3) is 0.522. The van der Waals surface area contributed by atoms with Gasteiger partial charge in [0.05, 0.1) is 6.42 Å². The number of carbonyl (C=O) groups is 1. The molecule has 31 heavy (non-hydrogen) atoms. The van der Waals surface area contributed by atoms with Gasteiger partial charge in [0.1, 0.15) is 0 Å². The fourth-order valence-electron chi connectivity index (χ4n) is 4.48. The van der Waals surface area contributed by atoms with E-state index in [1.54, 1.807) is 0 Å². The van der Waals surface area contributed by atoms with E-state index < -0.39 is 0 Å². The van der Waals surface area contributed by atoms with Crippen molar-refractivity contribution in [3.63, 3.8) is 0 Å². The first-order valence-electron chi connectivity index (χ1n) is 11.3. The molecular weight excluding hydrogens is 394 g/mol. The quantitative estimate of drug-likeness (QED) is 0.748. The molecule has 1 aromatic carbocycles. The van der Waals surface area contributed by atoms with Crippen LogP contribution in [0.3, 0.4) is 0 Å². The number of aromatic nitrogens is 2. The number of anilines is 2. The molecule has 0 spiro atoms. The van der Waals surface area contributed by atoms with Crippen LogP contribution in [0.15, 0.2) is 30.3 Å². The lowest BCUT2D eigenvalue weighted by Gasteiger charge is -2.35. The Bertz CT molecular complexity index is 904. The summed E-state index contributed by atoms with van der Waals surface area (Å²) in [7, 11) is 0. The lowest BCUT2D eigenvalue weighted by molar-refractivity contribution is -0.130. The highest BCUT2D eigenvalue weighted by Gasteiger charge is 2.23. The second-order valence-electron chi connectivity index (χ2n) is 8.38. The number of amides is 1. The topological polar surface area (TPSA) is 71.0 Å². The number of nitrogens with zero attached hydrogens (tertiary/aromatic N) is 5. The molecule has 0 radical (unpaired) electrons. The molecule has 3 aliphatic rings. The van der Waals surface area contributed by atoms with Gasteiger partial charge in [0.15, 0.2) is 23.1 Å². The molecule has 2 fully saturated rings. The smallest absolute Gasteiger partial charge is 0.231 e. The Morgan fingerprint density at radius 1 is 0.774 bits per heavy atom. The summed E-state index contributed by atoms with van der Waals surface area (Å²) < 4.78 is 10.8. The van der Waals surface area contributed by atoms with Crippen LogP contribution in [0.1, 0.15) is 31.2 Å². The molecule has 0 bridgehead atoms. The van der Waals surface area contributed by atoms with Crippen molar-refractivity contribution in [3.05, 3.63) is 35.9 Å². The van der Waals surface area contributed by atoms with Crippen molar-refractivity contribution in [1.29, 1.82) is 0 Å². The van der Waals surface area contributed by atoms with Gasteiger partial charge in [0, 0.05) is 39.3 Å². The molecule has 0 aliphatic carbocycles. The van der Waals surface area contributed by atoms with Crippen molar-refractivity contribution in [3.8, 4) is 11.5 Å². The number of fused-ring (bicyclic) bond motifs is 1. The summed E-state index contributed by atoms with van der Waals surface area (Å²) in [5.41, 5.74) is 0.951. The first kappa shape index (κ1) is 19.9. The summed E-state index contributed by atoms with van der Waals surface area (Å²) in [5, 5.41) is 8.97. The standard InChI is InChI=1S/C23H29N5O3/c29-23(16-18-5-6-19-20(15-18)31-17-30-19)28-13-11-27(12-14-28)22-8-7-21(24-25-22)26-9-3-1-2-4-10-26/h5-8,15H,1-4,9-14,16-17H2. The minimum atomic E-state index is 0.140. The van der Waals surface area contributed by atoms with Crippen LogP contribution < -0.4 is 19.3 Å². The first-order valence-corrected chi connectivity index (χ1v) is 11.3. The average molecular weight is 424 g/mol. The van der Waals surface area contributed by atoms with Crippen LogP contribution in [0.4, 0.5) is 11.6 Å². The summed E-state index contributed by atoms with van der Waals surface area (Å²) in [6.07, 6.45) is 5.44. The number of benzene rings is 1. The minimum absolute atomic E-state index is 0.140. The number of hydrogen-bond donors (Lipinski definition) is 0. The highest BCUT2D eigenvalue weighted by Crippen LogP contribution is 2.32. The Kier molecular flexibility index (Phi) is 5.78. The third-order valence-corrected chi connectivity index (χ3v) is 6.32. The number of hydrogen-bond acceptors (Lipinski definition) is 7. The van der Waals surface area contributed by atoms with Gasteiger partial charge in [-0.1, -0.05) is 18.9 Å². The highest BCUT2D eigenvalue weighted by atomic mass is 16.7. The highest BCUT2D eigenvalue weighted by molar-refractivity contribution is 5.79. The molecule has 3 aliphatic heterocycles. The molecule has 164 valence electrons. The van der Waals surface area contributed by atoms with E-state index in [-0.39, 0.29) is 12.7 Å². The van der Waals surface area contributed by atoms with Gasteiger partial charge < -0.3 is 24.2 Å². The molecule has 8 heteroatoms. The number of piperazine rings is 1. The lowest BCUT2D eigenvalue weighted by atomic mass is 10.1. The van der Waals surface area contributed by atoms with Crippen LogP contribution in [0, 0.1) is 0 Å². The Morgan fingerprint density at radius 3 is 2.10 bits per heavy atom. The van der Waals surface area contributed by atoms with E-state index in [4.69, 9.17) is 9.47 Å². The maximum atomic E-state index is 12.8. The van der Waals surface area contributed by atoms with Gasteiger partial charge >= 0.3 is 0 Å². The van der Waals surface area contributed by atoms with Crippen LogP contribution in [0.25, 0.3) is 0 Å². The molecule has 2 saturated heterocycles. The Balaban J connectivity index is 1.14. The van der Waals surface area contributed by atoms with Crippen LogP contribution in [0.5, 0.6) is 11.5 Å². The minimum Gasteiger partial charge on any atom is -0.454 e. The molecule has 8 nitrogen and oxygen atoms in total. The van der Waals surface area contributed by atoms with E-state index in [9.17, 15) is 4.79 Å². The maximum Gasteiger partial charge on any atom is 0.231 e. The summed E-state index contributed by atoms with van der Waals surface area (Å²) >= 11 is 0. The fourth-order valence-corrected chi connectivity index (χ4v) is 4.48. The number of ether oxygens (including phenoxy) is 2. The molecule has 1 amide bonds. The van der Waals surface area contributed by atoms with E-state index in [2.05, 4.69) is 32.1 Å². The van der Waals surface area contributed by atoms with Crippen molar-refractivity contribution in [2.45, 2.75) is 32.1 Å². The summed E-state index contributed by atoms with van der Waals surface area (Å²) in [5.74, 6) is 3.47. The molecule has 4 heterocycles. The van der Waals surface area contributed by atoms with Gasteiger partial charge in [0.2, 0.25) is 12.7 Å². The SMILES string of the molecule is O=C(Cc1ccc2c(c1)OCO2)N1CCN(c2ccc(N3CCCCCC3)nn2)CC1. The summed E-state index contributed by atoms with van der Waals surface area (Å²) in [6.45, 7) is 5.31. The van der Waals surface area contributed by atoms with Crippen LogP contribution in [0.2, 0.25) is 0 Å². The number of rotatable bonds is 4. The van der Waals surface area contributed by atoms with Crippen molar-refractivity contribution in [2.24, 2.45) is 0 Å². The van der Waals surface area contributed by atoms with Crippen molar-refractivity contribution >= 4 is 17.5 Å². The van der Waals surface area contributed by atoms with Crippen molar-refractivity contribution < 1.29 is 14.3 Å². The Labute approximate surface area is 182 Å². The van der Waals surface area contributed by atoms with Gasteiger partial charge in [-0.25, -0.2) is 0 Å². The average Bonchev–Trinajstić information content (AvgIpc) is 3.11. The zero-order valence-electron chi connectivity index (χ0n) is 17.8. The first-order chi connectivity index (χ1) is 15.3. The maximum absolute atomic E-state index is 12.8. The van der Waals surface area contributed by atoms with E-state index in [0.717, 1.165) is 54.9 Å². The molecule has 1 aromatic heterocycles. The lowest BCUT2D eigenvalue weighted by Crippen LogP contribution is -2.49. The second-order valence-corrected chi connectivity index (χ2v) is 8.38. The Hall–Kier alpha value is -3.03. The van der Waals surface area contributed by atoms with E-state index in [1.807, 2.05) is 23.1 Å². The van der Waals surface area contributed by atoms with Crippen molar-refractivity contribution in [1.82, 2.24) is 15.1 Å². The molecule has 0 atom stereocenters. The molecule has 2 aromatic rings. The summed E-state index contributed by atoms with van der Waals surface area (Å²) in [6, 6.07) is 9.86. The number of carbonyl (C=O) groups excluding carboxylic acids is 1. The van der Waals surface area contributed by atoms with Gasteiger partial charge in [-0.3, -0.25) is 4.79 Å². The predicted molar refractivity (Wildman–Crippen MR) is 118 cm³/mol. The third kappa shape index (κ3) is 4.52. The predicted octanol–water partition coefficient (Wildman–Crippen LogP) is 2.48. The van der Waals surface area contributed by atoms with Gasteiger partial charge in [-0.05, 0) is 42.7 Å². The van der Waals surface area contributed by atoms with E-state index >= 15 is 0 Å². The molecule has 0 N–H and O–H groups in total. The largest absolute Gasteiger partial charge is 0.454 e. The summed E-state index contributed by atoms with van der Waals surface area (Å²) in [4.78, 5) is 19.2. The molecule has 0 saturated carbocycles. The van der Waals surface area contributed by atoms with E-state index in [0.29, 0.717) is 19.5 Å². The zero-order valence-corrected chi connectivity index (χ0v) is 17.8.